The van der Waals surface area contributed by atoms with Crippen LogP contribution in [0.3, 0.4) is 0 Å². The third kappa shape index (κ3) is 1.55. The van der Waals surface area contributed by atoms with Crippen molar-refractivity contribution in [3.63, 3.8) is 0 Å². The number of carboxylic acids is 1. The summed E-state index contributed by atoms with van der Waals surface area (Å²) in [7, 11) is 0. The molecule has 0 fully saturated rings. The summed E-state index contributed by atoms with van der Waals surface area (Å²) in [6.45, 7) is 0. The minimum atomic E-state index is -1.81. The third-order valence-electron chi connectivity index (χ3n) is 2.24. The van der Waals surface area contributed by atoms with E-state index in [1.54, 1.807) is 0 Å². The Morgan fingerprint density at radius 2 is 1.88 bits per heavy atom. The van der Waals surface area contributed by atoms with Gasteiger partial charge in [-0.1, -0.05) is 0 Å². The molecule has 1 aromatic heterocycles. The van der Waals surface area contributed by atoms with Crippen LogP contribution >= 0.6 is 0 Å². The Labute approximate surface area is 91.3 Å². The predicted molar refractivity (Wildman–Crippen MR) is 51.4 cm³/mol. The van der Waals surface area contributed by atoms with E-state index < -0.39 is 39.8 Å². The van der Waals surface area contributed by atoms with Gasteiger partial charge in [0.05, 0.1) is 10.9 Å². The predicted octanol–water partition coefficient (Wildman–Crippen LogP) is 1.64. The average molecular weight is 243 g/mol. The number of benzene rings is 1. The lowest BCUT2D eigenvalue weighted by molar-refractivity contribution is 0.0695. The van der Waals surface area contributed by atoms with Gasteiger partial charge in [-0.25, -0.2) is 18.0 Å². The van der Waals surface area contributed by atoms with Crippen molar-refractivity contribution in [3.8, 4) is 0 Å². The van der Waals surface area contributed by atoms with E-state index in [4.69, 9.17) is 5.11 Å². The Hall–Kier alpha value is -2.31. The molecule has 0 spiro atoms. The fraction of sp³-hybridized carbons (Fsp3) is 0. The van der Waals surface area contributed by atoms with Crippen LogP contribution in [0, 0.1) is 17.5 Å². The number of pyridine rings is 1. The maximum atomic E-state index is 13.3. The molecule has 0 aliphatic heterocycles. The van der Waals surface area contributed by atoms with Crippen molar-refractivity contribution >= 4 is 16.9 Å². The van der Waals surface area contributed by atoms with Crippen molar-refractivity contribution in [2.45, 2.75) is 0 Å². The van der Waals surface area contributed by atoms with E-state index >= 15 is 0 Å². The molecule has 0 aliphatic rings. The Morgan fingerprint density at radius 1 is 1.24 bits per heavy atom. The lowest BCUT2D eigenvalue weighted by Gasteiger charge is -2.02. The molecule has 2 N–H and O–H groups in total. The van der Waals surface area contributed by atoms with E-state index in [9.17, 15) is 22.8 Å². The van der Waals surface area contributed by atoms with Gasteiger partial charge < -0.3 is 10.1 Å². The van der Waals surface area contributed by atoms with Gasteiger partial charge in [-0.3, -0.25) is 4.79 Å². The summed E-state index contributed by atoms with van der Waals surface area (Å²) in [4.78, 5) is 24.4. The zero-order valence-corrected chi connectivity index (χ0v) is 8.05. The molecule has 0 aliphatic carbocycles. The molecular weight excluding hydrogens is 239 g/mol. The molecule has 0 atom stereocenters. The van der Waals surface area contributed by atoms with Crippen molar-refractivity contribution in [3.05, 3.63) is 45.5 Å². The summed E-state index contributed by atoms with van der Waals surface area (Å²) < 4.78 is 39.1. The van der Waals surface area contributed by atoms with Crippen LogP contribution in [-0.2, 0) is 0 Å². The number of hydrogen-bond acceptors (Lipinski definition) is 2. The molecule has 88 valence electrons. The first kappa shape index (κ1) is 11.2. The number of fused-ring (bicyclic) bond motifs is 1. The summed E-state index contributed by atoms with van der Waals surface area (Å²) in [5, 5.41) is 7.81. The molecule has 17 heavy (non-hydrogen) atoms. The van der Waals surface area contributed by atoms with Crippen LogP contribution in [0.2, 0.25) is 0 Å². The standard InChI is InChI=1S/C10H4F3NO3/c11-4-1-5-6(8(13)7(4)12)9(15)3(2-14-5)10(16)17/h1-2H,(H,14,15)(H,16,17). The normalized spacial score (nSPS) is 10.8. The zero-order valence-electron chi connectivity index (χ0n) is 8.05. The van der Waals surface area contributed by atoms with E-state index in [0.29, 0.717) is 6.07 Å². The number of H-pyrrole nitrogens is 1. The van der Waals surface area contributed by atoms with Gasteiger partial charge in [0.1, 0.15) is 5.56 Å². The van der Waals surface area contributed by atoms with Crippen molar-refractivity contribution in [1.29, 1.82) is 0 Å². The minimum absolute atomic E-state index is 0.309. The first-order chi connectivity index (χ1) is 7.93. The van der Waals surface area contributed by atoms with Crippen LogP contribution in [0.25, 0.3) is 10.9 Å². The molecule has 7 heteroatoms. The summed E-state index contributed by atoms with van der Waals surface area (Å²) in [6.07, 6.45) is 0.795. The van der Waals surface area contributed by atoms with Crippen molar-refractivity contribution < 1.29 is 23.1 Å². The second-order valence-electron chi connectivity index (χ2n) is 3.25. The summed E-state index contributed by atoms with van der Waals surface area (Å²) in [5.41, 5.74) is -2.26. The lowest BCUT2D eigenvalue weighted by Crippen LogP contribution is -2.17. The van der Waals surface area contributed by atoms with Crippen molar-refractivity contribution in [2.24, 2.45) is 0 Å². The molecule has 2 rings (SSSR count). The summed E-state index contributed by atoms with van der Waals surface area (Å²) in [5.74, 6) is -6.57. The molecule has 0 bridgehead atoms. The first-order valence-corrected chi connectivity index (χ1v) is 4.35. The molecule has 0 saturated carbocycles. The Morgan fingerprint density at radius 3 is 2.47 bits per heavy atom. The Kier molecular flexibility index (Phi) is 2.38. The molecule has 0 unspecified atom stereocenters. The number of carboxylic acid groups (broad SMARTS) is 1. The quantitative estimate of drug-likeness (QED) is 0.748. The van der Waals surface area contributed by atoms with Gasteiger partial charge >= 0.3 is 5.97 Å². The second kappa shape index (κ2) is 3.62. The molecule has 0 amide bonds. The maximum Gasteiger partial charge on any atom is 0.341 e. The number of aromatic carboxylic acids is 1. The number of halogens is 3. The van der Waals surface area contributed by atoms with Crippen molar-refractivity contribution in [2.75, 3.05) is 0 Å². The topological polar surface area (TPSA) is 70.2 Å². The third-order valence-corrected chi connectivity index (χ3v) is 2.24. The number of nitrogens with one attached hydrogen (secondary N) is 1. The van der Waals surface area contributed by atoms with E-state index in [1.807, 2.05) is 0 Å². The molecular formula is C10H4F3NO3. The first-order valence-electron chi connectivity index (χ1n) is 4.35. The number of aromatic amines is 1. The second-order valence-corrected chi connectivity index (χ2v) is 3.25. The Bertz CT molecular complexity index is 693. The molecule has 4 nitrogen and oxygen atoms in total. The van der Waals surface area contributed by atoms with Gasteiger partial charge in [0.15, 0.2) is 17.5 Å². The van der Waals surface area contributed by atoms with E-state index in [0.717, 1.165) is 6.20 Å². The van der Waals surface area contributed by atoms with Crippen LogP contribution in [0.4, 0.5) is 13.2 Å². The van der Waals surface area contributed by atoms with Crippen LogP contribution in [0.15, 0.2) is 17.1 Å². The van der Waals surface area contributed by atoms with Gasteiger partial charge in [-0.2, -0.15) is 0 Å². The zero-order chi connectivity index (χ0) is 12.7. The fourth-order valence-corrected chi connectivity index (χ4v) is 1.44. The lowest BCUT2D eigenvalue weighted by atomic mass is 10.1. The van der Waals surface area contributed by atoms with E-state index in [1.165, 1.54) is 0 Å². The maximum absolute atomic E-state index is 13.3. The van der Waals surface area contributed by atoms with Gasteiger partial charge in [0.2, 0.25) is 5.43 Å². The highest BCUT2D eigenvalue weighted by Gasteiger charge is 2.19. The number of aromatic nitrogens is 1. The van der Waals surface area contributed by atoms with Crippen LogP contribution in [0.1, 0.15) is 10.4 Å². The number of hydrogen-bond donors (Lipinski definition) is 2. The largest absolute Gasteiger partial charge is 0.477 e. The van der Waals surface area contributed by atoms with Crippen LogP contribution in [0.5, 0.6) is 0 Å². The SMILES string of the molecule is O=C(O)c1c[nH]c2cc(F)c(F)c(F)c2c1=O. The highest BCUT2D eigenvalue weighted by Crippen LogP contribution is 2.19. The number of carbonyl (C=O) groups is 1. The fourth-order valence-electron chi connectivity index (χ4n) is 1.44. The van der Waals surface area contributed by atoms with Gasteiger partial charge in [-0.05, 0) is 0 Å². The smallest absolute Gasteiger partial charge is 0.341 e. The average Bonchev–Trinajstić information content (AvgIpc) is 2.25. The van der Waals surface area contributed by atoms with Crippen molar-refractivity contribution in [1.82, 2.24) is 4.98 Å². The molecule has 0 radical (unpaired) electrons. The monoisotopic (exact) mass is 243 g/mol. The van der Waals surface area contributed by atoms with Gasteiger partial charge in [-0.15, -0.1) is 0 Å². The Balaban J connectivity index is 3.00. The highest BCUT2D eigenvalue weighted by atomic mass is 19.2. The minimum Gasteiger partial charge on any atom is -0.477 e. The summed E-state index contributed by atoms with van der Waals surface area (Å²) >= 11 is 0. The van der Waals surface area contributed by atoms with E-state index in [2.05, 4.69) is 4.98 Å². The van der Waals surface area contributed by atoms with Gasteiger partial charge in [0, 0.05) is 12.3 Å². The van der Waals surface area contributed by atoms with E-state index in [-0.39, 0.29) is 5.52 Å². The molecule has 2 aromatic rings. The van der Waals surface area contributed by atoms with Crippen LogP contribution in [-0.4, -0.2) is 16.1 Å². The molecule has 1 aromatic carbocycles. The molecule has 1 heterocycles. The molecule has 0 saturated heterocycles. The summed E-state index contributed by atoms with van der Waals surface area (Å²) in [6, 6.07) is 0.584. The van der Waals surface area contributed by atoms with Gasteiger partial charge in [0.25, 0.3) is 0 Å². The number of rotatable bonds is 1. The van der Waals surface area contributed by atoms with Crippen LogP contribution < -0.4 is 5.43 Å². The highest BCUT2D eigenvalue weighted by molar-refractivity contribution is 5.92.